The van der Waals surface area contributed by atoms with E-state index in [1.54, 1.807) is 23.7 Å². The highest BCUT2D eigenvalue weighted by Gasteiger charge is 2.44. The Bertz CT molecular complexity index is 1540. The van der Waals surface area contributed by atoms with Crippen molar-refractivity contribution in [2.24, 2.45) is 18.9 Å². The number of carbonyl (C=O) groups is 3. The topological polar surface area (TPSA) is 105 Å². The molecule has 2 heterocycles. The molecule has 1 saturated carbocycles. The van der Waals surface area contributed by atoms with E-state index in [1.165, 1.54) is 16.7 Å². The standard InChI is InChI=1S/C25H22ClF3N4O5/c1-30-18-8-7-15(9-19(18)32(23(30)37)10-13-5-6-13)31-12-16(22(35)36)21(34)33(24(31)38)11-14-3-2-4-17(20(14)26)25(27,28)29/h2-4,7-9,13,16H,5-6,10-12H2,1H3,(H,35,36). The molecule has 13 heteroatoms. The summed E-state index contributed by atoms with van der Waals surface area (Å²) in [6.45, 7) is -0.629. The van der Waals surface area contributed by atoms with E-state index in [1.807, 2.05) is 0 Å². The predicted octanol–water partition coefficient (Wildman–Crippen LogP) is 4.09. The van der Waals surface area contributed by atoms with Crippen molar-refractivity contribution in [1.82, 2.24) is 14.0 Å². The number of aliphatic carboxylic acids is 1. The van der Waals surface area contributed by atoms with Gasteiger partial charge >= 0.3 is 23.9 Å². The molecule has 5 rings (SSSR count). The van der Waals surface area contributed by atoms with Crippen LogP contribution in [0, 0.1) is 11.8 Å². The van der Waals surface area contributed by atoms with Crippen molar-refractivity contribution in [2.45, 2.75) is 32.1 Å². The van der Waals surface area contributed by atoms with Gasteiger partial charge in [0, 0.05) is 25.8 Å². The molecule has 0 spiro atoms. The van der Waals surface area contributed by atoms with E-state index in [-0.39, 0.29) is 16.9 Å². The van der Waals surface area contributed by atoms with Crippen LogP contribution in [-0.4, -0.2) is 43.6 Å². The van der Waals surface area contributed by atoms with Gasteiger partial charge < -0.3 is 5.11 Å². The molecule has 9 nitrogen and oxygen atoms in total. The number of alkyl halides is 3. The van der Waals surface area contributed by atoms with Crippen molar-refractivity contribution in [3.05, 3.63) is 63.0 Å². The van der Waals surface area contributed by atoms with E-state index in [0.717, 1.165) is 29.9 Å². The van der Waals surface area contributed by atoms with Gasteiger partial charge in [0.05, 0.1) is 28.2 Å². The van der Waals surface area contributed by atoms with Gasteiger partial charge in [0.25, 0.3) is 0 Å². The Morgan fingerprint density at radius 3 is 2.45 bits per heavy atom. The molecule has 38 heavy (non-hydrogen) atoms. The zero-order chi connectivity index (χ0) is 27.5. The minimum Gasteiger partial charge on any atom is -0.481 e. The van der Waals surface area contributed by atoms with Crippen molar-refractivity contribution in [3.63, 3.8) is 0 Å². The average molecular weight is 551 g/mol. The first-order valence-electron chi connectivity index (χ1n) is 11.8. The van der Waals surface area contributed by atoms with Gasteiger partial charge in [-0.3, -0.25) is 28.5 Å². The van der Waals surface area contributed by atoms with Crippen molar-refractivity contribution in [2.75, 3.05) is 11.4 Å². The summed E-state index contributed by atoms with van der Waals surface area (Å²) in [5, 5.41) is 9.02. The first kappa shape index (κ1) is 25.8. The molecule has 3 amide bonds. The molecular weight excluding hydrogens is 529 g/mol. The molecule has 1 saturated heterocycles. The van der Waals surface area contributed by atoms with Crippen LogP contribution in [0.2, 0.25) is 5.02 Å². The molecule has 3 aromatic rings. The van der Waals surface area contributed by atoms with Crippen molar-refractivity contribution < 1.29 is 32.7 Å². The number of anilines is 1. The smallest absolute Gasteiger partial charge is 0.417 e. The largest absolute Gasteiger partial charge is 0.481 e. The van der Waals surface area contributed by atoms with Crippen LogP contribution in [0.25, 0.3) is 11.0 Å². The fraction of sp³-hybridized carbons (Fsp3) is 0.360. The predicted molar refractivity (Wildman–Crippen MR) is 131 cm³/mol. The van der Waals surface area contributed by atoms with Gasteiger partial charge in [-0.1, -0.05) is 23.7 Å². The first-order valence-corrected chi connectivity index (χ1v) is 12.2. The third-order valence-electron chi connectivity index (χ3n) is 6.98. The first-order chi connectivity index (χ1) is 17.9. The Kier molecular flexibility index (Phi) is 6.25. The quantitative estimate of drug-likeness (QED) is 0.466. The number of fused-ring (bicyclic) bond motifs is 1. The van der Waals surface area contributed by atoms with Gasteiger partial charge in [0.1, 0.15) is 0 Å². The number of imidazole rings is 1. The number of carboxylic acid groups (broad SMARTS) is 1. The van der Waals surface area contributed by atoms with Crippen molar-refractivity contribution >= 4 is 46.2 Å². The highest BCUT2D eigenvalue weighted by Crippen LogP contribution is 2.37. The zero-order valence-corrected chi connectivity index (χ0v) is 20.8. The summed E-state index contributed by atoms with van der Waals surface area (Å²) in [7, 11) is 1.62. The molecular formula is C25H22ClF3N4O5. The van der Waals surface area contributed by atoms with Crippen LogP contribution in [0.4, 0.5) is 23.7 Å². The van der Waals surface area contributed by atoms with Crippen molar-refractivity contribution in [1.29, 1.82) is 0 Å². The third kappa shape index (κ3) is 4.42. The molecule has 200 valence electrons. The highest BCUT2D eigenvalue weighted by molar-refractivity contribution is 6.32. The number of hydrogen-bond donors (Lipinski definition) is 1. The Balaban J connectivity index is 1.55. The molecule has 1 atom stereocenters. The number of carboxylic acids is 1. The van der Waals surface area contributed by atoms with Gasteiger partial charge in [-0.15, -0.1) is 0 Å². The number of benzene rings is 2. The van der Waals surface area contributed by atoms with Gasteiger partial charge in [-0.2, -0.15) is 13.2 Å². The van der Waals surface area contributed by atoms with E-state index >= 15 is 0 Å². The molecule has 1 aliphatic carbocycles. The fourth-order valence-corrected chi connectivity index (χ4v) is 5.00. The van der Waals surface area contributed by atoms with Crippen LogP contribution in [0.3, 0.4) is 0 Å². The second-order valence-corrected chi connectivity index (χ2v) is 9.93. The Morgan fingerprint density at radius 1 is 1.11 bits per heavy atom. The average Bonchev–Trinajstić information content (AvgIpc) is 3.64. The molecule has 0 bridgehead atoms. The summed E-state index contributed by atoms with van der Waals surface area (Å²) in [6.07, 6.45) is -2.76. The lowest BCUT2D eigenvalue weighted by atomic mass is 10.0. The van der Waals surface area contributed by atoms with E-state index in [0.29, 0.717) is 28.4 Å². The number of carbonyl (C=O) groups excluding carboxylic acids is 2. The molecule has 1 aliphatic heterocycles. The summed E-state index contributed by atoms with van der Waals surface area (Å²) in [5.41, 5.74) is -0.118. The Labute approximate surface area is 218 Å². The minimum atomic E-state index is -4.76. The van der Waals surface area contributed by atoms with E-state index in [4.69, 9.17) is 11.6 Å². The number of nitrogens with zero attached hydrogens (tertiary/aromatic N) is 4. The third-order valence-corrected chi connectivity index (χ3v) is 7.43. The van der Waals surface area contributed by atoms with E-state index in [2.05, 4.69) is 0 Å². The number of aryl methyl sites for hydroxylation is 1. The summed E-state index contributed by atoms with van der Waals surface area (Å²) in [4.78, 5) is 52.9. The lowest BCUT2D eigenvalue weighted by Gasteiger charge is -2.37. The van der Waals surface area contributed by atoms with Crippen LogP contribution in [0.15, 0.2) is 41.2 Å². The van der Waals surface area contributed by atoms with Crippen LogP contribution in [-0.2, 0) is 35.9 Å². The summed E-state index contributed by atoms with van der Waals surface area (Å²) >= 11 is 5.97. The van der Waals surface area contributed by atoms with Gasteiger partial charge in [0.2, 0.25) is 5.91 Å². The number of hydrogen-bond acceptors (Lipinski definition) is 4. The Hall–Kier alpha value is -3.80. The van der Waals surface area contributed by atoms with E-state index in [9.17, 15) is 37.5 Å². The van der Waals surface area contributed by atoms with Crippen LogP contribution < -0.4 is 10.6 Å². The summed E-state index contributed by atoms with van der Waals surface area (Å²) in [5.74, 6) is -3.82. The Morgan fingerprint density at radius 2 is 1.82 bits per heavy atom. The fourth-order valence-electron chi connectivity index (χ4n) is 4.70. The van der Waals surface area contributed by atoms with Gasteiger partial charge in [0.15, 0.2) is 5.92 Å². The maximum absolute atomic E-state index is 13.5. The molecule has 2 aromatic carbocycles. The van der Waals surface area contributed by atoms with Crippen LogP contribution >= 0.6 is 11.6 Å². The van der Waals surface area contributed by atoms with E-state index < -0.39 is 53.7 Å². The molecule has 2 aliphatic rings. The number of halogens is 4. The second-order valence-electron chi connectivity index (χ2n) is 9.55. The number of aromatic nitrogens is 2. The van der Waals surface area contributed by atoms with Gasteiger partial charge in [-0.05, 0) is 48.6 Å². The maximum atomic E-state index is 13.5. The molecule has 0 radical (unpaired) electrons. The lowest BCUT2D eigenvalue weighted by Crippen LogP contribution is -2.58. The number of imide groups is 1. The molecule has 1 N–H and O–H groups in total. The number of urea groups is 1. The van der Waals surface area contributed by atoms with Crippen LogP contribution in [0.1, 0.15) is 24.0 Å². The SMILES string of the molecule is Cn1c(=O)n(CC2CC2)c2cc(N3CC(C(=O)O)C(=O)N(Cc4cccc(C(F)(F)F)c4Cl)C3=O)ccc21. The lowest BCUT2D eigenvalue weighted by molar-refractivity contribution is -0.150. The van der Waals surface area contributed by atoms with Crippen LogP contribution in [0.5, 0.6) is 0 Å². The van der Waals surface area contributed by atoms with Crippen molar-refractivity contribution in [3.8, 4) is 0 Å². The summed E-state index contributed by atoms with van der Waals surface area (Å²) < 4.78 is 43.1. The second kappa shape index (κ2) is 9.19. The zero-order valence-electron chi connectivity index (χ0n) is 20.0. The maximum Gasteiger partial charge on any atom is 0.417 e. The summed E-state index contributed by atoms with van der Waals surface area (Å²) in [6, 6.07) is 6.94. The highest BCUT2D eigenvalue weighted by atomic mass is 35.5. The minimum absolute atomic E-state index is 0.161. The number of amides is 3. The molecule has 2 fully saturated rings. The molecule has 1 unspecified atom stereocenters. The normalized spacial score (nSPS) is 18.5. The molecule has 1 aromatic heterocycles. The monoisotopic (exact) mass is 550 g/mol. The number of rotatable bonds is 6. The van der Waals surface area contributed by atoms with Gasteiger partial charge in [-0.25, -0.2) is 9.59 Å².